The van der Waals surface area contributed by atoms with Crippen LogP contribution in [0.15, 0.2) is 29.3 Å². The lowest BCUT2D eigenvalue weighted by Crippen LogP contribution is -2.30. The zero-order chi connectivity index (χ0) is 22.3. The van der Waals surface area contributed by atoms with Gasteiger partial charge in [-0.1, -0.05) is 32.4 Å². The van der Waals surface area contributed by atoms with E-state index in [-0.39, 0.29) is 22.1 Å². The minimum Gasteiger partial charge on any atom is -0.376 e. The smallest absolute Gasteiger partial charge is 0.376 e. The van der Waals surface area contributed by atoms with Gasteiger partial charge in [-0.3, -0.25) is 14.2 Å². The Hall–Kier alpha value is -2.06. The Morgan fingerprint density at radius 1 is 1.27 bits per heavy atom. The number of halogens is 4. The summed E-state index contributed by atoms with van der Waals surface area (Å²) in [7, 11) is 1.87. The van der Waals surface area contributed by atoms with Gasteiger partial charge >= 0.3 is 6.18 Å². The van der Waals surface area contributed by atoms with Crippen LogP contribution in [-0.2, 0) is 29.9 Å². The van der Waals surface area contributed by atoms with E-state index in [4.69, 9.17) is 16.3 Å². The Labute approximate surface area is 178 Å². The normalized spacial score (nSPS) is 18.3. The maximum Gasteiger partial charge on any atom is 0.416 e. The van der Waals surface area contributed by atoms with Crippen LogP contribution in [0.2, 0.25) is 5.02 Å². The molecule has 1 aliphatic heterocycles. The molecule has 1 fully saturated rings. The fourth-order valence-electron chi connectivity index (χ4n) is 3.59. The van der Waals surface area contributed by atoms with Crippen molar-refractivity contribution < 1.29 is 22.7 Å². The molecule has 0 unspecified atom stereocenters. The van der Waals surface area contributed by atoms with E-state index < -0.39 is 17.6 Å². The van der Waals surface area contributed by atoms with Gasteiger partial charge in [0.25, 0.3) is 5.91 Å². The van der Waals surface area contributed by atoms with Gasteiger partial charge in [0.05, 0.1) is 28.8 Å². The SMILES string of the molecule is Cn1c(C(C)(C)C)c/c(=N\C(=O)c2cc(C(F)(F)F)ccc2Cl)n1C[C@H]1CCCO1. The third-order valence-corrected chi connectivity index (χ3v) is 5.48. The lowest BCUT2D eigenvalue weighted by Gasteiger charge is -2.21. The number of benzene rings is 1. The molecule has 1 aliphatic rings. The Morgan fingerprint density at radius 2 is 1.97 bits per heavy atom. The van der Waals surface area contributed by atoms with Crippen molar-refractivity contribution in [3.63, 3.8) is 0 Å². The van der Waals surface area contributed by atoms with E-state index in [0.717, 1.165) is 36.7 Å². The average molecular weight is 444 g/mol. The summed E-state index contributed by atoms with van der Waals surface area (Å²) in [6, 6.07) is 4.44. The van der Waals surface area contributed by atoms with Crippen LogP contribution < -0.4 is 5.49 Å². The van der Waals surface area contributed by atoms with Gasteiger partial charge in [0, 0.05) is 30.8 Å². The summed E-state index contributed by atoms with van der Waals surface area (Å²) in [6.07, 6.45) is -2.72. The minimum absolute atomic E-state index is 0.00221. The van der Waals surface area contributed by atoms with Gasteiger partial charge in [0.15, 0.2) is 5.49 Å². The number of hydrogen-bond acceptors (Lipinski definition) is 2. The summed E-state index contributed by atoms with van der Waals surface area (Å²) in [5, 5.41) is -0.0746. The number of carbonyl (C=O) groups excluding carboxylic acids is 1. The highest BCUT2D eigenvalue weighted by molar-refractivity contribution is 6.33. The Balaban J connectivity index is 2.08. The molecular formula is C21H25ClF3N3O2. The molecule has 9 heteroatoms. The van der Waals surface area contributed by atoms with Gasteiger partial charge in [0.1, 0.15) is 0 Å². The van der Waals surface area contributed by atoms with Gasteiger partial charge in [0.2, 0.25) is 0 Å². The molecule has 164 valence electrons. The molecule has 1 aromatic heterocycles. The predicted molar refractivity (Wildman–Crippen MR) is 107 cm³/mol. The van der Waals surface area contributed by atoms with E-state index in [1.54, 1.807) is 6.07 Å². The van der Waals surface area contributed by atoms with Crippen molar-refractivity contribution in [2.24, 2.45) is 12.0 Å². The van der Waals surface area contributed by atoms with Gasteiger partial charge in [-0.05, 0) is 31.0 Å². The zero-order valence-electron chi connectivity index (χ0n) is 17.4. The average Bonchev–Trinajstić information content (AvgIpc) is 3.24. The molecule has 0 N–H and O–H groups in total. The molecule has 0 bridgehead atoms. The second-order valence-corrected chi connectivity index (χ2v) is 8.90. The topological polar surface area (TPSA) is 48.5 Å². The Bertz CT molecular complexity index is 1010. The lowest BCUT2D eigenvalue weighted by atomic mass is 9.92. The molecule has 5 nitrogen and oxygen atoms in total. The standard InChI is InChI=1S/C21H25ClF3N3O2/c1-20(2,3)17-11-18(28(27(17)4)12-14-6-5-9-30-14)26-19(29)15-10-13(21(23,24)25)7-8-16(15)22/h7-8,10-11,14H,5-6,9,12H2,1-4H3/b26-18+/t14-/m1/s1. The second-order valence-electron chi connectivity index (χ2n) is 8.49. The molecule has 3 rings (SSSR count). The van der Waals surface area contributed by atoms with E-state index in [1.807, 2.05) is 37.2 Å². The lowest BCUT2D eigenvalue weighted by molar-refractivity contribution is -0.137. The molecule has 2 heterocycles. The minimum atomic E-state index is -4.58. The first kappa shape index (κ1) is 22.6. The molecule has 0 aliphatic carbocycles. The van der Waals surface area contributed by atoms with Crippen LogP contribution in [-0.4, -0.2) is 28.0 Å². The van der Waals surface area contributed by atoms with E-state index in [2.05, 4.69) is 4.99 Å². The van der Waals surface area contributed by atoms with Crippen molar-refractivity contribution in [2.75, 3.05) is 6.61 Å². The molecule has 0 saturated carbocycles. The van der Waals surface area contributed by atoms with E-state index in [9.17, 15) is 18.0 Å². The number of ether oxygens (including phenoxy) is 1. The van der Waals surface area contributed by atoms with Crippen molar-refractivity contribution in [3.05, 3.63) is 51.6 Å². The highest BCUT2D eigenvalue weighted by Crippen LogP contribution is 2.32. The quantitative estimate of drug-likeness (QED) is 0.689. The first-order valence-corrected chi connectivity index (χ1v) is 10.1. The van der Waals surface area contributed by atoms with Gasteiger partial charge in [-0.25, -0.2) is 0 Å². The van der Waals surface area contributed by atoms with Crippen LogP contribution in [0.25, 0.3) is 0 Å². The van der Waals surface area contributed by atoms with E-state index in [0.29, 0.717) is 18.6 Å². The van der Waals surface area contributed by atoms with Crippen molar-refractivity contribution >= 4 is 17.5 Å². The molecule has 1 saturated heterocycles. The van der Waals surface area contributed by atoms with Crippen LogP contribution in [0.4, 0.5) is 13.2 Å². The highest BCUT2D eigenvalue weighted by atomic mass is 35.5. The summed E-state index contributed by atoms with van der Waals surface area (Å²) in [5.41, 5.74) is -0.159. The monoisotopic (exact) mass is 443 g/mol. The number of alkyl halides is 3. The van der Waals surface area contributed by atoms with Crippen LogP contribution >= 0.6 is 11.6 Å². The number of hydrogen-bond donors (Lipinski definition) is 0. The van der Waals surface area contributed by atoms with E-state index >= 15 is 0 Å². The van der Waals surface area contributed by atoms with Crippen molar-refractivity contribution in [1.82, 2.24) is 9.36 Å². The molecule has 1 amide bonds. The first-order chi connectivity index (χ1) is 13.9. The Kier molecular flexibility index (Phi) is 6.20. The molecule has 0 spiro atoms. The van der Waals surface area contributed by atoms with Crippen molar-refractivity contribution in [1.29, 1.82) is 0 Å². The van der Waals surface area contributed by atoms with Gasteiger partial charge in [-0.15, -0.1) is 0 Å². The first-order valence-electron chi connectivity index (χ1n) is 9.72. The Morgan fingerprint density at radius 3 is 2.53 bits per heavy atom. The van der Waals surface area contributed by atoms with E-state index in [1.165, 1.54) is 0 Å². The van der Waals surface area contributed by atoms with Crippen LogP contribution in [0.3, 0.4) is 0 Å². The van der Waals surface area contributed by atoms with Crippen LogP contribution in [0.5, 0.6) is 0 Å². The third-order valence-electron chi connectivity index (χ3n) is 5.15. The fourth-order valence-corrected chi connectivity index (χ4v) is 3.79. The van der Waals surface area contributed by atoms with Crippen LogP contribution in [0, 0.1) is 0 Å². The number of rotatable bonds is 3. The molecule has 2 aromatic rings. The molecule has 1 aromatic carbocycles. The summed E-state index contributed by atoms with van der Waals surface area (Å²) in [4.78, 5) is 16.9. The summed E-state index contributed by atoms with van der Waals surface area (Å²) in [5.74, 6) is -0.821. The van der Waals surface area contributed by atoms with Gasteiger partial charge in [-0.2, -0.15) is 18.2 Å². The summed E-state index contributed by atoms with van der Waals surface area (Å²) in [6.45, 7) is 7.29. The van der Waals surface area contributed by atoms with Gasteiger partial charge < -0.3 is 4.74 Å². The molecule has 0 radical (unpaired) electrons. The second kappa shape index (κ2) is 8.23. The number of amides is 1. The maximum absolute atomic E-state index is 13.1. The molecule has 1 atom stereocenters. The number of aromatic nitrogens is 2. The molecular weight excluding hydrogens is 419 g/mol. The summed E-state index contributed by atoms with van der Waals surface area (Å²) >= 11 is 6.01. The maximum atomic E-state index is 13.1. The van der Waals surface area contributed by atoms with Crippen molar-refractivity contribution in [3.8, 4) is 0 Å². The van der Waals surface area contributed by atoms with Crippen LogP contribution in [0.1, 0.15) is 55.2 Å². The highest BCUT2D eigenvalue weighted by Gasteiger charge is 2.32. The predicted octanol–water partition coefficient (Wildman–Crippen LogP) is 4.72. The number of nitrogens with zero attached hydrogens (tertiary/aromatic N) is 3. The fraction of sp³-hybridized carbons (Fsp3) is 0.524. The summed E-state index contributed by atoms with van der Waals surface area (Å²) < 4.78 is 48.7. The molecule has 30 heavy (non-hydrogen) atoms. The van der Waals surface area contributed by atoms with Crippen molar-refractivity contribution in [2.45, 2.75) is 57.9 Å². The third kappa shape index (κ3) is 4.81. The number of carbonyl (C=O) groups is 1. The zero-order valence-corrected chi connectivity index (χ0v) is 18.1. The largest absolute Gasteiger partial charge is 0.416 e.